The number of hydrogen-bond acceptors (Lipinski definition) is 5. The number of carbonyl (C=O) groups excluding carboxylic acids is 1. The number of piperidine rings is 1. The zero-order valence-electron chi connectivity index (χ0n) is 21.7. The molecule has 2 N–H and O–H groups in total. The van der Waals surface area contributed by atoms with Gasteiger partial charge in [-0.25, -0.2) is 13.1 Å². The number of amides is 1. The first kappa shape index (κ1) is 28.8. The van der Waals surface area contributed by atoms with Crippen LogP contribution in [0.15, 0.2) is 42.7 Å². The van der Waals surface area contributed by atoms with Crippen LogP contribution in [-0.2, 0) is 19.6 Å². The van der Waals surface area contributed by atoms with Gasteiger partial charge in [0.25, 0.3) is 0 Å². The zero-order chi connectivity index (χ0) is 27.9. The molecule has 206 valence electrons. The molecule has 38 heavy (non-hydrogen) atoms. The summed E-state index contributed by atoms with van der Waals surface area (Å²) >= 11 is 12.5. The van der Waals surface area contributed by atoms with Gasteiger partial charge in [0.2, 0.25) is 15.9 Å². The quantitative estimate of drug-likeness (QED) is 0.399. The third kappa shape index (κ3) is 5.71. The largest absolute Gasteiger partial charge is 0.481 e. The fourth-order valence-electron chi connectivity index (χ4n) is 5.44. The Morgan fingerprint density at radius 3 is 2.37 bits per heavy atom. The van der Waals surface area contributed by atoms with Crippen LogP contribution in [0.1, 0.15) is 76.0 Å². The molecule has 1 saturated heterocycles. The minimum absolute atomic E-state index is 0.0217. The molecule has 4 atom stereocenters. The number of carboxylic acid groups (broad SMARTS) is 1. The Kier molecular flexibility index (Phi) is 8.15. The minimum atomic E-state index is -3.58. The number of halogens is 2. The maximum absolute atomic E-state index is 14.2. The summed E-state index contributed by atoms with van der Waals surface area (Å²) in [6.45, 7) is 5.30. The molecule has 1 aliphatic carbocycles. The van der Waals surface area contributed by atoms with Crippen LogP contribution >= 0.6 is 23.2 Å². The highest BCUT2D eigenvalue weighted by molar-refractivity contribution is 7.91. The Balaban J connectivity index is 1.83. The van der Waals surface area contributed by atoms with E-state index in [9.17, 15) is 23.1 Å². The van der Waals surface area contributed by atoms with Crippen molar-refractivity contribution in [2.24, 2.45) is 5.41 Å². The maximum atomic E-state index is 14.2. The molecule has 0 radical (unpaired) electrons. The van der Waals surface area contributed by atoms with Gasteiger partial charge < -0.3 is 10.0 Å². The zero-order valence-corrected chi connectivity index (χ0v) is 24.0. The molecule has 0 spiro atoms. The van der Waals surface area contributed by atoms with Gasteiger partial charge in [0.1, 0.15) is 0 Å². The molecule has 11 heteroatoms. The van der Waals surface area contributed by atoms with E-state index in [0.717, 1.165) is 11.1 Å². The van der Waals surface area contributed by atoms with Crippen molar-refractivity contribution in [3.63, 3.8) is 0 Å². The summed E-state index contributed by atoms with van der Waals surface area (Å²) in [6, 6.07) is 7.93. The van der Waals surface area contributed by atoms with Crippen molar-refractivity contribution in [2.45, 2.75) is 75.6 Å². The van der Waals surface area contributed by atoms with E-state index in [1.54, 1.807) is 43.1 Å². The first-order valence-electron chi connectivity index (χ1n) is 12.7. The molecule has 2 aromatic rings. The Hall–Kier alpha value is -2.20. The van der Waals surface area contributed by atoms with Gasteiger partial charge >= 0.3 is 5.97 Å². The van der Waals surface area contributed by atoms with Crippen LogP contribution < -0.4 is 4.72 Å². The molecule has 0 bridgehead atoms. The molecule has 2 aliphatic rings. The van der Waals surface area contributed by atoms with Crippen molar-refractivity contribution in [1.82, 2.24) is 14.6 Å². The second kappa shape index (κ2) is 10.8. The number of pyridine rings is 1. The molecule has 1 aromatic carbocycles. The van der Waals surface area contributed by atoms with Crippen LogP contribution in [0.25, 0.3) is 0 Å². The molecule has 1 saturated carbocycles. The van der Waals surface area contributed by atoms with E-state index in [4.69, 9.17) is 23.2 Å². The first-order valence-corrected chi connectivity index (χ1v) is 14.9. The number of nitrogens with zero attached hydrogens (tertiary/aromatic N) is 2. The fraction of sp³-hybridized carbons (Fsp3) is 0.519. The van der Waals surface area contributed by atoms with E-state index in [1.165, 1.54) is 6.20 Å². The van der Waals surface area contributed by atoms with Crippen molar-refractivity contribution in [2.75, 3.05) is 6.54 Å². The highest BCUT2D eigenvalue weighted by Gasteiger charge is 2.53. The number of carboxylic acids is 1. The predicted octanol–water partition coefficient (Wildman–Crippen LogP) is 5.18. The number of likely N-dealkylation sites (tertiary alicyclic amines) is 1. The van der Waals surface area contributed by atoms with Gasteiger partial charge in [-0.1, -0.05) is 49.2 Å². The van der Waals surface area contributed by atoms with E-state index >= 15 is 0 Å². The Morgan fingerprint density at radius 1 is 1.16 bits per heavy atom. The van der Waals surface area contributed by atoms with Gasteiger partial charge in [-0.3, -0.25) is 14.6 Å². The average Bonchev–Trinajstić information content (AvgIpc) is 3.61. The third-order valence-corrected chi connectivity index (χ3v) is 10.7. The standard InChI is InChI=1S/C27H33Cl2N3O5S/c1-4-21(16-31-38(36,37)27(3)9-10-27)32-24(17-5-7-19(28)8-6-17)22(18-11-20(29)15-30-14-18)12-26(2,25(32)35)13-23(33)34/h5-8,11,14-15,21-22,24,31H,4,9-10,12-13,16H2,1-3H3,(H,33,34). The smallest absolute Gasteiger partial charge is 0.304 e. The monoisotopic (exact) mass is 581 g/mol. The summed E-state index contributed by atoms with van der Waals surface area (Å²) < 4.78 is 27.9. The number of benzene rings is 1. The van der Waals surface area contributed by atoms with Gasteiger partial charge in [0.05, 0.1) is 27.6 Å². The van der Waals surface area contributed by atoms with E-state index in [0.29, 0.717) is 29.3 Å². The number of hydrogen-bond donors (Lipinski definition) is 2. The van der Waals surface area contributed by atoms with Crippen molar-refractivity contribution in [3.05, 3.63) is 63.9 Å². The van der Waals surface area contributed by atoms with Gasteiger partial charge in [-0.2, -0.15) is 0 Å². The maximum Gasteiger partial charge on any atom is 0.304 e. The van der Waals surface area contributed by atoms with Crippen molar-refractivity contribution < 1.29 is 23.1 Å². The molecule has 4 unspecified atom stereocenters. The van der Waals surface area contributed by atoms with Crippen LogP contribution in [-0.4, -0.2) is 52.6 Å². The van der Waals surface area contributed by atoms with Crippen LogP contribution in [0.5, 0.6) is 0 Å². The van der Waals surface area contributed by atoms with Crippen LogP contribution in [0.2, 0.25) is 10.0 Å². The molecular weight excluding hydrogens is 549 g/mol. The second-order valence-electron chi connectivity index (χ2n) is 11.0. The summed E-state index contributed by atoms with van der Waals surface area (Å²) in [6.07, 6.45) is 4.74. The summed E-state index contributed by atoms with van der Waals surface area (Å²) in [5.41, 5.74) is 0.351. The fourth-order valence-corrected chi connectivity index (χ4v) is 7.15. The molecule has 1 aromatic heterocycles. The van der Waals surface area contributed by atoms with E-state index in [-0.39, 0.29) is 31.2 Å². The average molecular weight is 583 g/mol. The molecular formula is C27H33Cl2N3O5S. The predicted molar refractivity (Wildman–Crippen MR) is 147 cm³/mol. The highest BCUT2D eigenvalue weighted by atomic mass is 35.5. The van der Waals surface area contributed by atoms with E-state index in [2.05, 4.69) is 9.71 Å². The molecule has 1 amide bonds. The number of sulfonamides is 1. The molecule has 2 fully saturated rings. The normalized spacial score (nSPS) is 25.7. The lowest BCUT2D eigenvalue weighted by molar-refractivity contribution is -0.160. The van der Waals surface area contributed by atoms with Crippen molar-refractivity contribution in [3.8, 4) is 0 Å². The SMILES string of the molecule is CCC(CNS(=O)(=O)C1(C)CC1)N1C(=O)C(C)(CC(=O)O)CC(c2cncc(Cl)c2)C1c1ccc(Cl)cc1. The molecule has 8 nitrogen and oxygen atoms in total. The summed E-state index contributed by atoms with van der Waals surface area (Å²) in [5, 5.41) is 10.7. The number of nitrogens with one attached hydrogen (secondary N) is 1. The van der Waals surface area contributed by atoms with Gasteiger partial charge in [0.15, 0.2) is 0 Å². The molecule has 2 heterocycles. The van der Waals surface area contributed by atoms with Gasteiger partial charge in [-0.05, 0) is 61.9 Å². The van der Waals surface area contributed by atoms with Crippen LogP contribution in [0, 0.1) is 5.41 Å². The molecule has 4 rings (SSSR count). The summed E-state index contributed by atoms with van der Waals surface area (Å²) in [4.78, 5) is 32.1. The van der Waals surface area contributed by atoms with Crippen LogP contribution in [0.3, 0.4) is 0 Å². The lowest BCUT2D eigenvalue weighted by Gasteiger charge is -2.51. The topological polar surface area (TPSA) is 117 Å². The van der Waals surface area contributed by atoms with Crippen molar-refractivity contribution >= 4 is 45.1 Å². The third-order valence-electron chi connectivity index (χ3n) is 7.99. The van der Waals surface area contributed by atoms with E-state index < -0.39 is 38.2 Å². The first-order chi connectivity index (χ1) is 17.8. The summed E-state index contributed by atoms with van der Waals surface area (Å²) in [7, 11) is -3.58. The lowest BCUT2D eigenvalue weighted by atomic mass is 9.67. The Bertz CT molecular complexity index is 1320. The number of carbonyl (C=O) groups is 2. The molecule has 1 aliphatic heterocycles. The van der Waals surface area contributed by atoms with Crippen molar-refractivity contribution in [1.29, 1.82) is 0 Å². The van der Waals surface area contributed by atoms with Gasteiger partial charge in [0, 0.05) is 35.9 Å². The number of aliphatic carboxylic acids is 1. The number of rotatable bonds is 10. The summed E-state index contributed by atoms with van der Waals surface area (Å²) in [5.74, 6) is -1.75. The number of aromatic nitrogens is 1. The second-order valence-corrected chi connectivity index (χ2v) is 14.1. The Morgan fingerprint density at radius 2 is 1.82 bits per heavy atom. The van der Waals surface area contributed by atoms with E-state index in [1.807, 2.05) is 19.1 Å². The van der Waals surface area contributed by atoms with Crippen LogP contribution in [0.4, 0.5) is 0 Å². The highest BCUT2D eigenvalue weighted by Crippen LogP contribution is 2.52. The minimum Gasteiger partial charge on any atom is -0.481 e. The Labute approximate surface area is 233 Å². The lowest BCUT2D eigenvalue weighted by Crippen LogP contribution is -2.58. The van der Waals surface area contributed by atoms with Gasteiger partial charge in [-0.15, -0.1) is 0 Å².